The Bertz CT molecular complexity index is 1340. The van der Waals surface area contributed by atoms with Crippen molar-refractivity contribution in [3.05, 3.63) is 88.8 Å². The Kier molecular flexibility index (Phi) is 6.70. The first kappa shape index (κ1) is 23.8. The highest BCUT2D eigenvalue weighted by molar-refractivity contribution is 6.53. The molecule has 3 aromatic rings. The number of nitrogens with zero attached hydrogens (tertiary/aromatic N) is 1. The van der Waals surface area contributed by atoms with Crippen LogP contribution in [0.25, 0.3) is 0 Å². The number of hydrogen-bond acceptors (Lipinski definition) is 6. The zero-order chi connectivity index (χ0) is 25.1. The summed E-state index contributed by atoms with van der Waals surface area (Å²) in [5.41, 5.74) is 1.31. The summed E-state index contributed by atoms with van der Waals surface area (Å²) in [5.74, 6) is -1.27. The van der Waals surface area contributed by atoms with Gasteiger partial charge in [-0.2, -0.15) is 0 Å². The number of nitrogens with one attached hydrogen (secondary N) is 2. The van der Waals surface area contributed by atoms with Crippen molar-refractivity contribution in [2.24, 2.45) is 0 Å². The van der Waals surface area contributed by atoms with Crippen molar-refractivity contribution in [1.82, 2.24) is 0 Å². The van der Waals surface area contributed by atoms with Gasteiger partial charge in [-0.1, -0.05) is 11.6 Å². The fourth-order valence-electron chi connectivity index (χ4n) is 3.38. The predicted molar refractivity (Wildman–Crippen MR) is 129 cm³/mol. The average molecular weight is 496 g/mol. The highest BCUT2D eigenvalue weighted by Gasteiger charge is 2.38. The molecule has 178 valence electrons. The van der Waals surface area contributed by atoms with Crippen LogP contribution in [0.3, 0.4) is 0 Å². The number of methoxy groups -OCH3 is 2. The standard InChI is InChI=1S/C25H19ClFN3O5/c1-34-18-11-12-19(20(13-18)35-2)29-23(31)14-3-7-16(8-4-14)28-22-21(26)24(32)30(25(22)33)17-9-5-15(27)6-10-17/h3-13,28H,1-2H3,(H,29,31). The summed E-state index contributed by atoms with van der Waals surface area (Å²) >= 11 is 6.12. The van der Waals surface area contributed by atoms with Crippen molar-refractivity contribution in [3.63, 3.8) is 0 Å². The molecule has 0 aromatic heterocycles. The molecule has 0 aliphatic carbocycles. The largest absolute Gasteiger partial charge is 0.497 e. The van der Waals surface area contributed by atoms with E-state index < -0.39 is 17.6 Å². The van der Waals surface area contributed by atoms with Gasteiger partial charge in [0.15, 0.2) is 0 Å². The zero-order valence-corrected chi connectivity index (χ0v) is 19.4. The Hall–Kier alpha value is -4.37. The lowest BCUT2D eigenvalue weighted by Crippen LogP contribution is -2.32. The first-order chi connectivity index (χ1) is 16.8. The van der Waals surface area contributed by atoms with E-state index in [1.54, 1.807) is 42.5 Å². The van der Waals surface area contributed by atoms with E-state index in [0.717, 1.165) is 17.0 Å². The number of halogens is 2. The van der Waals surface area contributed by atoms with Gasteiger partial charge in [0.25, 0.3) is 17.7 Å². The summed E-state index contributed by atoms with van der Waals surface area (Å²) < 4.78 is 23.7. The molecule has 0 saturated carbocycles. The highest BCUT2D eigenvalue weighted by Crippen LogP contribution is 2.31. The van der Waals surface area contributed by atoms with E-state index in [9.17, 15) is 18.8 Å². The fourth-order valence-corrected chi connectivity index (χ4v) is 3.59. The van der Waals surface area contributed by atoms with E-state index >= 15 is 0 Å². The van der Waals surface area contributed by atoms with Gasteiger partial charge in [-0.3, -0.25) is 14.4 Å². The Morgan fingerprint density at radius 3 is 2.23 bits per heavy atom. The zero-order valence-electron chi connectivity index (χ0n) is 18.6. The smallest absolute Gasteiger partial charge is 0.283 e. The second-order valence-corrected chi connectivity index (χ2v) is 7.71. The molecule has 35 heavy (non-hydrogen) atoms. The molecule has 0 unspecified atom stereocenters. The minimum absolute atomic E-state index is 0.124. The summed E-state index contributed by atoms with van der Waals surface area (Å²) in [6.07, 6.45) is 0. The number of carbonyl (C=O) groups is 3. The lowest BCUT2D eigenvalue weighted by atomic mass is 10.1. The molecule has 4 rings (SSSR count). The Morgan fingerprint density at radius 2 is 1.60 bits per heavy atom. The van der Waals surface area contributed by atoms with Crippen LogP contribution >= 0.6 is 11.6 Å². The second-order valence-electron chi connectivity index (χ2n) is 7.33. The molecule has 1 heterocycles. The third-order valence-electron chi connectivity index (χ3n) is 5.19. The molecule has 0 atom stereocenters. The molecular formula is C25H19ClFN3O5. The highest BCUT2D eigenvalue weighted by atomic mass is 35.5. The number of anilines is 3. The van der Waals surface area contributed by atoms with Crippen LogP contribution in [-0.2, 0) is 9.59 Å². The molecule has 1 aliphatic heterocycles. The van der Waals surface area contributed by atoms with Gasteiger partial charge in [0.2, 0.25) is 0 Å². The average Bonchev–Trinajstić information content (AvgIpc) is 3.08. The Balaban J connectivity index is 1.47. The van der Waals surface area contributed by atoms with E-state index in [-0.39, 0.29) is 22.3 Å². The molecule has 0 spiro atoms. The quantitative estimate of drug-likeness (QED) is 0.467. The van der Waals surface area contributed by atoms with Crippen molar-refractivity contribution >= 4 is 46.4 Å². The summed E-state index contributed by atoms with van der Waals surface area (Å²) in [5, 5.41) is 5.29. The number of hydrogen-bond donors (Lipinski definition) is 2. The molecule has 3 amide bonds. The third-order valence-corrected chi connectivity index (χ3v) is 5.54. The fraction of sp³-hybridized carbons (Fsp3) is 0.0800. The van der Waals surface area contributed by atoms with Crippen LogP contribution < -0.4 is 25.0 Å². The minimum atomic E-state index is -0.727. The molecular weight excluding hydrogens is 477 g/mol. The molecule has 8 nitrogen and oxygen atoms in total. The van der Waals surface area contributed by atoms with Gasteiger partial charge in [-0.15, -0.1) is 0 Å². The second kappa shape index (κ2) is 9.86. The van der Waals surface area contributed by atoms with Crippen LogP contribution in [0.1, 0.15) is 10.4 Å². The van der Waals surface area contributed by atoms with Crippen molar-refractivity contribution in [2.75, 3.05) is 29.8 Å². The predicted octanol–water partition coefficient (Wildman–Crippen LogP) is 4.53. The maximum absolute atomic E-state index is 13.2. The lowest BCUT2D eigenvalue weighted by Gasteiger charge is -2.15. The van der Waals surface area contributed by atoms with Crippen LogP contribution in [0.2, 0.25) is 0 Å². The van der Waals surface area contributed by atoms with Crippen molar-refractivity contribution < 1.29 is 28.2 Å². The van der Waals surface area contributed by atoms with Crippen LogP contribution in [0.4, 0.5) is 21.5 Å². The Labute approximate surface area is 204 Å². The van der Waals surface area contributed by atoms with Crippen LogP contribution in [0.15, 0.2) is 77.5 Å². The summed E-state index contributed by atoms with van der Waals surface area (Å²) in [6.45, 7) is 0. The van der Waals surface area contributed by atoms with Crippen molar-refractivity contribution in [3.8, 4) is 11.5 Å². The van der Waals surface area contributed by atoms with Crippen LogP contribution in [-0.4, -0.2) is 31.9 Å². The van der Waals surface area contributed by atoms with E-state index in [1.807, 2.05) is 0 Å². The summed E-state index contributed by atoms with van der Waals surface area (Å²) in [4.78, 5) is 38.9. The number of benzene rings is 3. The van der Waals surface area contributed by atoms with Gasteiger partial charge in [-0.05, 0) is 60.7 Å². The maximum Gasteiger partial charge on any atom is 0.283 e. The first-order valence-corrected chi connectivity index (χ1v) is 10.6. The monoisotopic (exact) mass is 495 g/mol. The Morgan fingerprint density at radius 1 is 0.914 bits per heavy atom. The summed E-state index contributed by atoms with van der Waals surface area (Å²) in [6, 6.07) is 16.1. The van der Waals surface area contributed by atoms with Gasteiger partial charge >= 0.3 is 0 Å². The third kappa shape index (κ3) is 4.80. The molecule has 2 N–H and O–H groups in total. The molecule has 0 radical (unpaired) electrons. The van der Waals surface area contributed by atoms with Crippen molar-refractivity contribution in [1.29, 1.82) is 0 Å². The number of imide groups is 1. The molecule has 1 aliphatic rings. The lowest BCUT2D eigenvalue weighted by molar-refractivity contribution is -0.120. The van der Waals surface area contributed by atoms with E-state index in [4.69, 9.17) is 21.1 Å². The first-order valence-electron chi connectivity index (χ1n) is 10.3. The normalized spacial score (nSPS) is 13.2. The minimum Gasteiger partial charge on any atom is -0.497 e. The summed E-state index contributed by atoms with van der Waals surface area (Å²) in [7, 11) is 3.01. The number of ether oxygens (including phenoxy) is 2. The number of rotatable bonds is 7. The van der Waals surface area contributed by atoms with Gasteiger partial charge in [0, 0.05) is 17.3 Å². The van der Waals surface area contributed by atoms with Gasteiger partial charge in [-0.25, -0.2) is 9.29 Å². The van der Waals surface area contributed by atoms with Gasteiger partial charge < -0.3 is 20.1 Å². The topological polar surface area (TPSA) is 97.0 Å². The van der Waals surface area contributed by atoms with Crippen molar-refractivity contribution in [2.45, 2.75) is 0 Å². The SMILES string of the molecule is COc1ccc(NC(=O)c2ccc(NC3=C(Cl)C(=O)N(c4ccc(F)cc4)C3=O)cc2)c(OC)c1. The molecule has 0 saturated heterocycles. The molecule has 3 aromatic carbocycles. The van der Waals surface area contributed by atoms with Gasteiger partial charge in [0.1, 0.15) is 28.0 Å². The number of amides is 3. The molecule has 0 bridgehead atoms. The van der Waals surface area contributed by atoms with Gasteiger partial charge in [0.05, 0.1) is 25.6 Å². The van der Waals surface area contributed by atoms with E-state index in [0.29, 0.717) is 28.4 Å². The van der Waals surface area contributed by atoms with Crippen LogP contribution in [0.5, 0.6) is 11.5 Å². The molecule has 0 fully saturated rings. The van der Waals surface area contributed by atoms with E-state index in [1.165, 1.54) is 26.4 Å². The maximum atomic E-state index is 13.2. The van der Waals surface area contributed by atoms with E-state index in [2.05, 4.69) is 10.6 Å². The van der Waals surface area contributed by atoms with Crippen LogP contribution in [0, 0.1) is 5.82 Å². The number of carbonyl (C=O) groups excluding carboxylic acids is 3. The molecule has 10 heteroatoms.